The molecule has 2 amide bonds. The van der Waals surface area contributed by atoms with Crippen LogP contribution in [0.15, 0.2) is 0 Å². The summed E-state index contributed by atoms with van der Waals surface area (Å²) in [5, 5.41) is 1.49. The summed E-state index contributed by atoms with van der Waals surface area (Å²) in [5.74, 6) is 0.0986. The highest BCUT2D eigenvalue weighted by Gasteiger charge is 2.34. The second kappa shape index (κ2) is 7.39. The van der Waals surface area contributed by atoms with Crippen molar-refractivity contribution in [3.63, 3.8) is 0 Å². The summed E-state index contributed by atoms with van der Waals surface area (Å²) in [5.41, 5.74) is 0. The molecule has 3 heterocycles. The maximum atomic E-state index is 12.4. The smallest absolute Gasteiger partial charge is 0.251 e. The minimum atomic E-state index is -0.111. The molecule has 124 valence electrons. The van der Waals surface area contributed by atoms with Gasteiger partial charge in [0.25, 0.3) is 5.91 Å². The van der Waals surface area contributed by atoms with Crippen molar-refractivity contribution < 1.29 is 19.2 Å². The van der Waals surface area contributed by atoms with Crippen LogP contribution in [-0.4, -0.2) is 85.8 Å². The summed E-state index contributed by atoms with van der Waals surface area (Å²) >= 11 is 0. The molecule has 0 spiro atoms. The number of carbonyl (C=O) groups excluding carboxylic acids is 2. The van der Waals surface area contributed by atoms with E-state index in [1.54, 1.807) is 0 Å². The molecular weight excluding hydrogens is 286 g/mol. The van der Waals surface area contributed by atoms with Crippen LogP contribution in [0.5, 0.6) is 0 Å². The molecule has 0 saturated carbocycles. The lowest BCUT2D eigenvalue weighted by Crippen LogP contribution is -2.49. The molecule has 0 aliphatic carbocycles. The van der Waals surface area contributed by atoms with Crippen LogP contribution >= 0.6 is 0 Å². The topological polar surface area (TPSA) is 62.3 Å². The van der Waals surface area contributed by atoms with E-state index < -0.39 is 0 Å². The van der Waals surface area contributed by atoms with Crippen molar-refractivity contribution in [1.82, 2.24) is 14.9 Å². The summed E-state index contributed by atoms with van der Waals surface area (Å²) in [6, 6.07) is 0. The first-order valence-corrected chi connectivity index (χ1v) is 8.26. The lowest BCUT2D eigenvalue weighted by Gasteiger charge is -2.35. The van der Waals surface area contributed by atoms with Crippen LogP contribution in [0.2, 0.25) is 0 Å². The van der Waals surface area contributed by atoms with E-state index >= 15 is 0 Å². The van der Waals surface area contributed by atoms with Crippen LogP contribution in [0.4, 0.5) is 0 Å². The predicted octanol–water partition coefficient (Wildman–Crippen LogP) is -0.279. The summed E-state index contributed by atoms with van der Waals surface area (Å²) < 4.78 is 5.33. The van der Waals surface area contributed by atoms with Crippen LogP contribution < -0.4 is 0 Å². The van der Waals surface area contributed by atoms with Gasteiger partial charge in [0.1, 0.15) is 0 Å². The second-order valence-corrected chi connectivity index (χ2v) is 6.16. The molecule has 7 nitrogen and oxygen atoms in total. The van der Waals surface area contributed by atoms with E-state index in [0.717, 1.165) is 39.3 Å². The van der Waals surface area contributed by atoms with Gasteiger partial charge in [-0.2, -0.15) is 0 Å². The number of rotatable bonds is 4. The van der Waals surface area contributed by atoms with Gasteiger partial charge >= 0.3 is 0 Å². The maximum Gasteiger partial charge on any atom is 0.251 e. The SMILES string of the molecule is O=C1CCC(C(=O)N2CCCO2)CN1CCN1CCOCC1. The largest absolute Gasteiger partial charge is 0.379 e. The number of hydrogen-bond donors (Lipinski definition) is 0. The number of amides is 2. The van der Waals surface area contributed by atoms with E-state index in [1.165, 1.54) is 5.06 Å². The van der Waals surface area contributed by atoms with Crippen LogP contribution in [0.3, 0.4) is 0 Å². The molecule has 3 saturated heterocycles. The third-order valence-electron chi connectivity index (χ3n) is 4.64. The Bertz CT molecular complexity index is 406. The van der Waals surface area contributed by atoms with E-state index in [4.69, 9.17) is 9.57 Å². The highest BCUT2D eigenvalue weighted by molar-refractivity contribution is 5.83. The summed E-state index contributed by atoms with van der Waals surface area (Å²) in [6.45, 7) is 6.76. The molecule has 3 aliphatic heterocycles. The molecule has 22 heavy (non-hydrogen) atoms. The summed E-state index contributed by atoms with van der Waals surface area (Å²) in [7, 11) is 0. The Hall–Kier alpha value is -1.18. The van der Waals surface area contributed by atoms with Gasteiger partial charge in [-0.25, -0.2) is 5.06 Å². The zero-order chi connectivity index (χ0) is 15.4. The molecule has 1 atom stereocenters. The Morgan fingerprint density at radius 1 is 1.14 bits per heavy atom. The highest BCUT2D eigenvalue weighted by atomic mass is 16.7. The number of ether oxygens (including phenoxy) is 1. The molecule has 0 radical (unpaired) electrons. The molecule has 3 fully saturated rings. The Kier molecular flexibility index (Phi) is 5.28. The van der Waals surface area contributed by atoms with Gasteiger partial charge in [0, 0.05) is 39.1 Å². The quantitative estimate of drug-likeness (QED) is 0.715. The second-order valence-electron chi connectivity index (χ2n) is 6.16. The van der Waals surface area contributed by atoms with E-state index in [0.29, 0.717) is 39.1 Å². The van der Waals surface area contributed by atoms with Gasteiger partial charge in [0.2, 0.25) is 5.91 Å². The van der Waals surface area contributed by atoms with Crippen LogP contribution in [0.25, 0.3) is 0 Å². The van der Waals surface area contributed by atoms with Crippen molar-refractivity contribution in [1.29, 1.82) is 0 Å². The molecule has 0 aromatic heterocycles. The van der Waals surface area contributed by atoms with Gasteiger partial charge in [-0.3, -0.25) is 19.3 Å². The van der Waals surface area contributed by atoms with Crippen LogP contribution in [0, 0.1) is 5.92 Å². The fourth-order valence-electron chi connectivity index (χ4n) is 3.24. The fraction of sp³-hybridized carbons (Fsp3) is 0.867. The Morgan fingerprint density at radius 2 is 1.95 bits per heavy atom. The average molecular weight is 311 g/mol. The van der Waals surface area contributed by atoms with Crippen LogP contribution in [-0.2, 0) is 19.2 Å². The summed E-state index contributed by atoms with van der Waals surface area (Å²) in [4.78, 5) is 34.0. The van der Waals surface area contributed by atoms with E-state index in [1.807, 2.05) is 4.90 Å². The highest BCUT2D eigenvalue weighted by Crippen LogP contribution is 2.21. The normalized spacial score (nSPS) is 27.5. The number of piperidine rings is 1. The molecule has 0 bridgehead atoms. The Labute approximate surface area is 131 Å². The lowest BCUT2D eigenvalue weighted by molar-refractivity contribution is -0.175. The van der Waals surface area contributed by atoms with Crippen molar-refractivity contribution in [3.8, 4) is 0 Å². The minimum absolute atomic E-state index is 0.0429. The zero-order valence-corrected chi connectivity index (χ0v) is 13.0. The summed E-state index contributed by atoms with van der Waals surface area (Å²) in [6.07, 6.45) is 2.01. The first kappa shape index (κ1) is 15.7. The molecule has 1 unspecified atom stereocenters. The van der Waals surface area contributed by atoms with Crippen molar-refractivity contribution in [2.45, 2.75) is 19.3 Å². The molecule has 3 aliphatic rings. The average Bonchev–Trinajstić information content (AvgIpc) is 3.09. The third-order valence-corrected chi connectivity index (χ3v) is 4.64. The fourth-order valence-corrected chi connectivity index (χ4v) is 3.24. The Morgan fingerprint density at radius 3 is 2.68 bits per heavy atom. The van der Waals surface area contributed by atoms with Crippen LogP contribution in [0.1, 0.15) is 19.3 Å². The number of hydroxylamine groups is 2. The number of morpholine rings is 1. The first-order chi connectivity index (χ1) is 10.7. The third kappa shape index (κ3) is 3.77. The van der Waals surface area contributed by atoms with Crippen molar-refractivity contribution in [2.75, 3.05) is 59.1 Å². The van der Waals surface area contributed by atoms with Crippen molar-refractivity contribution in [2.24, 2.45) is 5.92 Å². The van der Waals surface area contributed by atoms with E-state index in [-0.39, 0.29) is 17.7 Å². The van der Waals surface area contributed by atoms with Crippen molar-refractivity contribution in [3.05, 3.63) is 0 Å². The van der Waals surface area contributed by atoms with Gasteiger partial charge in [-0.05, 0) is 12.8 Å². The number of hydrogen-bond acceptors (Lipinski definition) is 5. The maximum absolute atomic E-state index is 12.4. The van der Waals surface area contributed by atoms with E-state index in [2.05, 4.69) is 4.90 Å². The van der Waals surface area contributed by atoms with Gasteiger partial charge in [0.15, 0.2) is 0 Å². The number of nitrogens with zero attached hydrogens (tertiary/aromatic N) is 3. The molecule has 0 N–H and O–H groups in total. The first-order valence-electron chi connectivity index (χ1n) is 8.26. The molecule has 3 rings (SSSR count). The van der Waals surface area contributed by atoms with Gasteiger partial charge in [0.05, 0.1) is 32.3 Å². The van der Waals surface area contributed by atoms with E-state index in [9.17, 15) is 9.59 Å². The number of carbonyl (C=O) groups is 2. The van der Waals surface area contributed by atoms with Crippen molar-refractivity contribution >= 4 is 11.8 Å². The molecule has 0 aromatic carbocycles. The van der Waals surface area contributed by atoms with Gasteiger partial charge < -0.3 is 9.64 Å². The molecule has 7 heteroatoms. The molecule has 0 aromatic rings. The number of likely N-dealkylation sites (tertiary alicyclic amines) is 1. The van der Waals surface area contributed by atoms with Gasteiger partial charge in [-0.1, -0.05) is 0 Å². The minimum Gasteiger partial charge on any atom is -0.379 e. The Balaban J connectivity index is 1.49. The monoisotopic (exact) mass is 311 g/mol. The molecular formula is C15H25N3O4. The standard InChI is InChI=1S/C15H25N3O4/c19-14-3-2-13(15(20)18-4-1-9-22-18)12-17(14)6-5-16-7-10-21-11-8-16/h13H,1-12H2. The predicted molar refractivity (Wildman–Crippen MR) is 78.8 cm³/mol. The van der Waals surface area contributed by atoms with Gasteiger partial charge in [-0.15, -0.1) is 0 Å². The zero-order valence-electron chi connectivity index (χ0n) is 13.0. The lowest BCUT2D eigenvalue weighted by atomic mass is 9.96.